The van der Waals surface area contributed by atoms with E-state index in [4.69, 9.17) is 10.5 Å². The number of amides is 1. The van der Waals surface area contributed by atoms with Crippen LogP contribution in [0.15, 0.2) is 0 Å². The molecular formula is C7H14BrNO2. The fourth-order valence-electron chi connectivity index (χ4n) is 0.991. The number of carbonyl (C=O) groups excluding carboxylic acids is 1. The molecule has 0 saturated carbocycles. The standard InChI is InChI=1S/C7H14BrNO2/c1-5(8)4-7(2,3)11-6(9)10/h5H,4H2,1-3H3,(H2,9,10). The molecule has 0 aliphatic rings. The summed E-state index contributed by atoms with van der Waals surface area (Å²) in [6, 6.07) is 0. The summed E-state index contributed by atoms with van der Waals surface area (Å²) in [6.07, 6.45) is 0.0267. The van der Waals surface area contributed by atoms with Gasteiger partial charge in [-0.3, -0.25) is 0 Å². The summed E-state index contributed by atoms with van der Waals surface area (Å²) in [5, 5.41) is 0. The van der Waals surface area contributed by atoms with Crippen LogP contribution in [0.2, 0.25) is 0 Å². The minimum atomic E-state index is -0.719. The van der Waals surface area contributed by atoms with Crippen LogP contribution in [0.1, 0.15) is 27.2 Å². The number of carbonyl (C=O) groups is 1. The van der Waals surface area contributed by atoms with Crippen LogP contribution in [-0.4, -0.2) is 16.5 Å². The molecule has 0 saturated heterocycles. The molecule has 0 spiro atoms. The van der Waals surface area contributed by atoms with Crippen molar-refractivity contribution < 1.29 is 9.53 Å². The number of rotatable bonds is 3. The number of ether oxygens (including phenoxy) is 1. The topological polar surface area (TPSA) is 52.3 Å². The van der Waals surface area contributed by atoms with Crippen LogP contribution in [0, 0.1) is 0 Å². The van der Waals surface area contributed by atoms with E-state index in [1.54, 1.807) is 0 Å². The summed E-state index contributed by atoms with van der Waals surface area (Å²) < 4.78 is 4.86. The number of nitrogens with two attached hydrogens (primary N) is 1. The second kappa shape index (κ2) is 3.95. The summed E-state index contributed by atoms with van der Waals surface area (Å²) >= 11 is 3.37. The molecule has 0 bridgehead atoms. The van der Waals surface area contributed by atoms with Crippen LogP contribution >= 0.6 is 15.9 Å². The monoisotopic (exact) mass is 223 g/mol. The third-order valence-corrected chi connectivity index (χ3v) is 1.47. The van der Waals surface area contributed by atoms with Crippen molar-refractivity contribution in [3.8, 4) is 0 Å². The molecule has 3 nitrogen and oxygen atoms in total. The molecule has 0 aromatic carbocycles. The Bertz CT molecular complexity index is 145. The third kappa shape index (κ3) is 6.16. The lowest BCUT2D eigenvalue weighted by molar-refractivity contribution is 0.0401. The zero-order valence-corrected chi connectivity index (χ0v) is 8.64. The molecule has 0 aliphatic carbocycles. The van der Waals surface area contributed by atoms with Crippen molar-refractivity contribution in [3.63, 3.8) is 0 Å². The van der Waals surface area contributed by atoms with Crippen molar-refractivity contribution >= 4 is 22.0 Å². The lowest BCUT2D eigenvalue weighted by Crippen LogP contribution is -2.32. The Morgan fingerprint density at radius 3 is 2.45 bits per heavy atom. The maximum absolute atomic E-state index is 10.4. The van der Waals surface area contributed by atoms with Gasteiger partial charge < -0.3 is 10.5 Å². The van der Waals surface area contributed by atoms with Gasteiger partial charge in [-0.05, 0) is 20.3 Å². The molecule has 1 unspecified atom stereocenters. The lowest BCUT2D eigenvalue weighted by Gasteiger charge is -2.24. The maximum atomic E-state index is 10.4. The summed E-state index contributed by atoms with van der Waals surface area (Å²) in [5.41, 5.74) is 4.40. The highest BCUT2D eigenvalue weighted by Gasteiger charge is 2.23. The average Bonchev–Trinajstić information content (AvgIpc) is 1.53. The molecule has 0 aliphatic heterocycles. The normalized spacial score (nSPS) is 14.2. The number of halogens is 1. The molecule has 0 fully saturated rings. The first kappa shape index (κ1) is 10.8. The first-order valence-corrected chi connectivity index (χ1v) is 4.37. The predicted molar refractivity (Wildman–Crippen MR) is 47.8 cm³/mol. The second-order valence-electron chi connectivity index (χ2n) is 3.17. The highest BCUT2D eigenvalue weighted by Crippen LogP contribution is 2.20. The Morgan fingerprint density at radius 2 is 2.18 bits per heavy atom. The van der Waals surface area contributed by atoms with Gasteiger partial charge in [-0.2, -0.15) is 0 Å². The summed E-state index contributed by atoms with van der Waals surface area (Å²) in [4.78, 5) is 10.7. The molecule has 66 valence electrons. The van der Waals surface area contributed by atoms with Gasteiger partial charge in [0, 0.05) is 4.83 Å². The molecule has 2 N–H and O–H groups in total. The first-order valence-electron chi connectivity index (χ1n) is 3.46. The van der Waals surface area contributed by atoms with Crippen molar-refractivity contribution in [2.75, 3.05) is 0 Å². The molecule has 0 heterocycles. The Balaban J connectivity index is 3.89. The van der Waals surface area contributed by atoms with Gasteiger partial charge in [0.05, 0.1) is 0 Å². The van der Waals surface area contributed by atoms with E-state index in [1.807, 2.05) is 20.8 Å². The zero-order chi connectivity index (χ0) is 9.07. The fraction of sp³-hybridized carbons (Fsp3) is 0.857. The van der Waals surface area contributed by atoms with Gasteiger partial charge in [-0.1, -0.05) is 22.9 Å². The van der Waals surface area contributed by atoms with Crippen molar-refractivity contribution in [1.29, 1.82) is 0 Å². The summed E-state index contributed by atoms with van der Waals surface area (Å²) in [6.45, 7) is 5.65. The molecular weight excluding hydrogens is 210 g/mol. The molecule has 0 rings (SSSR count). The van der Waals surface area contributed by atoms with Gasteiger partial charge >= 0.3 is 6.09 Å². The Labute approximate surface area is 75.4 Å². The van der Waals surface area contributed by atoms with Crippen LogP contribution in [-0.2, 0) is 4.74 Å². The molecule has 0 aromatic rings. The summed E-state index contributed by atoms with van der Waals surface area (Å²) in [7, 11) is 0. The van der Waals surface area contributed by atoms with Gasteiger partial charge in [0.1, 0.15) is 5.60 Å². The van der Waals surface area contributed by atoms with E-state index in [-0.39, 0.29) is 0 Å². The number of alkyl halides is 1. The van der Waals surface area contributed by atoms with Crippen LogP contribution in [0.25, 0.3) is 0 Å². The van der Waals surface area contributed by atoms with Crippen molar-refractivity contribution in [2.45, 2.75) is 37.6 Å². The van der Waals surface area contributed by atoms with Crippen LogP contribution in [0.5, 0.6) is 0 Å². The van der Waals surface area contributed by atoms with Gasteiger partial charge in [0.25, 0.3) is 0 Å². The largest absolute Gasteiger partial charge is 0.444 e. The second-order valence-corrected chi connectivity index (χ2v) is 4.73. The van der Waals surface area contributed by atoms with Crippen LogP contribution in [0.4, 0.5) is 4.79 Å². The number of hydrogen-bond donors (Lipinski definition) is 1. The van der Waals surface area contributed by atoms with E-state index in [0.29, 0.717) is 4.83 Å². The summed E-state index contributed by atoms with van der Waals surface area (Å²) in [5.74, 6) is 0. The Hall–Kier alpha value is -0.250. The van der Waals surface area contributed by atoms with E-state index >= 15 is 0 Å². The molecule has 1 atom stereocenters. The average molecular weight is 224 g/mol. The third-order valence-electron chi connectivity index (χ3n) is 1.15. The van der Waals surface area contributed by atoms with Crippen molar-refractivity contribution in [2.24, 2.45) is 5.73 Å². The highest BCUT2D eigenvalue weighted by molar-refractivity contribution is 9.09. The molecule has 11 heavy (non-hydrogen) atoms. The number of hydrogen-bond acceptors (Lipinski definition) is 2. The van der Waals surface area contributed by atoms with E-state index in [1.165, 1.54) is 0 Å². The molecule has 0 radical (unpaired) electrons. The van der Waals surface area contributed by atoms with Crippen LogP contribution in [0.3, 0.4) is 0 Å². The SMILES string of the molecule is CC(Br)CC(C)(C)OC(N)=O. The van der Waals surface area contributed by atoms with E-state index < -0.39 is 11.7 Å². The molecule has 1 amide bonds. The van der Waals surface area contributed by atoms with Gasteiger partial charge in [-0.15, -0.1) is 0 Å². The van der Waals surface area contributed by atoms with Crippen LogP contribution < -0.4 is 5.73 Å². The Kier molecular flexibility index (Phi) is 3.86. The zero-order valence-electron chi connectivity index (χ0n) is 7.06. The Morgan fingerprint density at radius 1 is 1.73 bits per heavy atom. The molecule has 4 heteroatoms. The smallest absolute Gasteiger partial charge is 0.405 e. The van der Waals surface area contributed by atoms with Gasteiger partial charge in [0.2, 0.25) is 0 Å². The van der Waals surface area contributed by atoms with E-state index in [0.717, 1.165) is 6.42 Å². The quantitative estimate of drug-likeness (QED) is 0.745. The first-order chi connectivity index (χ1) is 4.83. The number of primary amides is 1. The minimum absolute atomic E-state index is 0.317. The van der Waals surface area contributed by atoms with Crippen molar-refractivity contribution in [1.82, 2.24) is 0 Å². The lowest BCUT2D eigenvalue weighted by atomic mass is 10.0. The predicted octanol–water partition coefficient (Wildman–Crippen LogP) is 2.03. The van der Waals surface area contributed by atoms with Crippen molar-refractivity contribution in [3.05, 3.63) is 0 Å². The van der Waals surface area contributed by atoms with Gasteiger partial charge in [0.15, 0.2) is 0 Å². The van der Waals surface area contributed by atoms with E-state index in [9.17, 15) is 4.79 Å². The fourth-order valence-corrected chi connectivity index (χ4v) is 1.77. The molecule has 0 aromatic heterocycles. The highest BCUT2D eigenvalue weighted by atomic mass is 79.9. The minimum Gasteiger partial charge on any atom is -0.444 e. The maximum Gasteiger partial charge on any atom is 0.405 e. The van der Waals surface area contributed by atoms with E-state index in [2.05, 4.69) is 15.9 Å². The van der Waals surface area contributed by atoms with Gasteiger partial charge in [-0.25, -0.2) is 4.79 Å².